The van der Waals surface area contributed by atoms with Crippen LogP contribution in [0.25, 0.3) is 10.9 Å². The minimum atomic E-state index is -4.88. The van der Waals surface area contributed by atoms with E-state index in [1.807, 2.05) is 12.2 Å². The van der Waals surface area contributed by atoms with Gasteiger partial charge in [0.1, 0.15) is 29.0 Å². The Hall–Kier alpha value is -4.56. The number of pyridine rings is 1. The number of carbonyl (C=O) groups excluding carboxylic acids is 4. The van der Waals surface area contributed by atoms with Crippen LogP contribution in [0, 0.1) is 11.3 Å². The number of carbonyl (C=O) groups is 4. The lowest BCUT2D eigenvalue weighted by molar-refractivity contribution is -0.152. The number of fused-ring (bicyclic) bond motifs is 5. The number of aromatic nitrogens is 1. The molecule has 1 aromatic heterocycles. The molecule has 1 saturated heterocycles. The van der Waals surface area contributed by atoms with Crippen molar-refractivity contribution in [2.75, 3.05) is 20.3 Å². The van der Waals surface area contributed by atoms with E-state index in [2.05, 4.69) is 15.6 Å². The first kappa shape index (κ1) is 37.7. The fraction of sp³-hybridized carbons (Fsp3) is 0.615. The highest BCUT2D eigenvalue weighted by molar-refractivity contribution is 6.00. The van der Waals surface area contributed by atoms with Gasteiger partial charge in [-0.1, -0.05) is 25.0 Å². The number of rotatable bonds is 4. The van der Waals surface area contributed by atoms with Crippen molar-refractivity contribution in [2.24, 2.45) is 11.3 Å². The molecule has 3 aliphatic heterocycles. The highest BCUT2D eigenvalue weighted by atomic mass is 19.4. The Morgan fingerprint density at radius 2 is 1.91 bits per heavy atom. The second kappa shape index (κ2) is 13.3. The molecule has 1 unspecified atom stereocenters. The molecule has 2 aromatic rings. The van der Waals surface area contributed by atoms with E-state index < -0.39 is 75.7 Å². The van der Waals surface area contributed by atoms with Crippen molar-refractivity contribution in [3.05, 3.63) is 41.6 Å². The van der Waals surface area contributed by atoms with Crippen molar-refractivity contribution < 1.29 is 51.3 Å². The van der Waals surface area contributed by atoms with Gasteiger partial charge in [0, 0.05) is 28.7 Å². The number of methoxy groups -OCH3 is 1. The van der Waals surface area contributed by atoms with Gasteiger partial charge in [-0.15, -0.1) is 0 Å². The first-order chi connectivity index (χ1) is 25.5. The summed E-state index contributed by atoms with van der Waals surface area (Å²) in [5.41, 5.74) is -4.98. The second-order valence-corrected chi connectivity index (χ2v) is 16.2. The molecule has 4 heterocycles. The lowest BCUT2D eigenvalue weighted by Crippen LogP contribution is -2.58. The number of hydrogen-bond donors (Lipinski definition) is 2. The van der Waals surface area contributed by atoms with Gasteiger partial charge in [0.15, 0.2) is 17.0 Å². The van der Waals surface area contributed by atoms with Crippen LogP contribution in [0.5, 0.6) is 11.5 Å². The molecule has 2 N–H and O–H groups in total. The highest BCUT2D eigenvalue weighted by Crippen LogP contribution is 2.83. The lowest BCUT2D eigenvalue weighted by Gasteiger charge is -2.37. The molecule has 0 radical (unpaired) electrons. The molecule has 2 aliphatic carbocycles. The molecule has 15 heteroatoms. The smallest absolute Gasteiger partial charge is 0.437 e. The fourth-order valence-electron chi connectivity index (χ4n) is 8.77. The monoisotopic (exact) mass is 756 g/mol. The van der Waals surface area contributed by atoms with Gasteiger partial charge in [0.2, 0.25) is 11.8 Å². The Morgan fingerprint density at radius 1 is 1.13 bits per heavy atom. The van der Waals surface area contributed by atoms with Crippen LogP contribution in [0.2, 0.25) is 0 Å². The molecule has 1 aromatic carbocycles. The van der Waals surface area contributed by atoms with Crippen molar-refractivity contribution in [3.8, 4) is 11.5 Å². The molecular formula is C39H47F3N4O8. The van der Waals surface area contributed by atoms with Gasteiger partial charge in [0.05, 0.1) is 25.8 Å². The largest absolute Gasteiger partial charge is 0.497 e. The zero-order valence-corrected chi connectivity index (χ0v) is 31.2. The number of benzene rings is 1. The van der Waals surface area contributed by atoms with E-state index >= 15 is 0 Å². The summed E-state index contributed by atoms with van der Waals surface area (Å²) in [6.07, 6.45) is 2.20. The first-order valence-corrected chi connectivity index (χ1v) is 18.7. The predicted molar refractivity (Wildman–Crippen MR) is 189 cm³/mol. The lowest BCUT2D eigenvalue weighted by atomic mass is 9.86. The maximum Gasteiger partial charge on any atom is 0.437 e. The van der Waals surface area contributed by atoms with Gasteiger partial charge in [-0.3, -0.25) is 9.59 Å². The van der Waals surface area contributed by atoms with Crippen LogP contribution >= 0.6 is 0 Å². The van der Waals surface area contributed by atoms with E-state index in [1.54, 1.807) is 33.8 Å². The molecule has 3 amide bonds. The Bertz CT molecular complexity index is 1910. The van der Waals surface area contributed by atoms with Gasteiger partial charge >= 0.3 is 18.2 Å². The van der Waals surface area contributed by atoms with Crippen LogP contribution in [0.15, 0.2) is 30.4 Å². The Labute approximate surface area is 311 Å². The number of ether oxygens (including phenoxy) is 4. The van der Waals surface area contributed by atoms with E-state index in [4.69, 9.17) is 18.9 Å². The van der Waals surface area contributed by atoms with Crippen molar-refractivity contribution in [3.63, 3.8) is 0 Å². The maximum absolute atomic E-state index is 14.7. The highest BCUT2D eigenvalue weighted by Gasteiger charge is 2.93. The number of alkyl carbamates (subject to hydrolysis) is 1. The third-order valence-electron chi connectivity index (χ3n) is 11.5. The number of allylic oxidation sites excluding steroid dienone is 1. The van der Waals surface area contributed by atoms with Crippen LogP contribution in [-0.4, -0.2) is 82.8 Å². The zero-order valence-electron chi connectivity index (χ0n) is 31.2. The molecule has 6 atom stereocenters. The number of aryl methyl sites for hydroxylation is 1. The average molecular weight is 757 g/mol. The average Bonchev–Trinajstić information content (AvgIpc) is 3.92. The maximum atomic E-state index is 14.7. The quantitative estimate of drug-likeness (QED) is 0.293. The van der Waals surface area contributed by atoms with Gasteiger partial charge in [-0.05, 0) is 84.4 Å². The number of hydrogen-bond acceptors (Lipinski definition) is 9. The van der Waals surface area contributed by atoms with E-state index in [9.17, 15) is 32.3 Å². The van der Waals surface area contributed by atoms with Crippen LogP contribution in [0.4, 0.5) is 18.0 Å². The summed E-state index contributed by atoms with van der Waals surface area (Å²) in [6.45, 7) is 6.61. The SMILES string of the molecule is CCOC(=O)[C@]12NC(=O)[C@@H]3C[C@]4(CCc5c(c(C(F)(F)F)nc6ccc(OC)cc56)O4)CN3C(=O)[C@@H](NC(=O)OC(C)(C)C)CCCCC/C=C\[C@@]13CC32. The van der Waals surface area contributed by atoms with Crippen molar-refractivity contribution >= 4 is 34.8 Å². The van der Waals surface area contributed by atoms with Crippen molar-refractivity contribution in [1.29, 1.82) is 0 Å². The number of halogens is 3. The van der Waals surface area contributed by atoms with Crippen molar-refractivity contribution in [2.45, 2.75) is 120 Å². The molecule has 0 bridgehead atoms. The molecule has 2 saturated carbocycles. The van der Waals surface area contributed by atoms with E-state index in [-0.39, 0.29) is 50.3 Å². The van der Waals surface area contributed by atoms with Gasteiger partial charge < -0.3 is 34.5 Å². The van der Waals surface area contributed by atoms with Crippen LogP contribution in [-0.2, 0) is 36.5 Å². The Kier molecular flexibility index (Phi) is 9.32. The third-order valence-corrected chi connectivity index (χ3v) is 11.5. The number of nitrogens with one attached hydrogen (secondary N) is 2. The van der Waals surface area contributed by atoms with Gasteiger partial charge in [0.25, 0.3) is 0 Å². The van der Waals surface area contributed by atoms with Crippen LogP contribution in [0.1, 0.15) is 90.3 Å². The summed E-state index contributed by atoms with van der Waals surface area (Å²) >= 11 is 0. The van der Waals surface area contributed by atoms with Crippen LogP contribution in [0.3, 0.4) is 0 Å². The summed E-state index contributed by atoms with van der Waals surface area (Å²) in [5.74, 6) is -2.01. The molecule has 54 heavy (non-hydrogen) atoms. The number of nitrogens with zero attached hydrogens (tertiary/aromatic N) is 2. The summed E-state index contributed by atoms with van der Waals surface area (Å²) in [5, 5.41) is 6.12. The molecule has 2 spiro atoms. The van der Waals surface area contributed by atoms with E-state index in [0.29, 0.717) is 29.5 Å². The predicted octanol–water partition coefficient (Wildman–Crippen LogP) is 5.78. The molecule has 3 fully saturated rings. The summed E-state index contributed by atoms with van der Waals surface area (Å²) in [4.78, 5) is 61.0. The Morgan fingerprint density at radius 3 is 2.59 bits per heavy atom. The summed E-state index contributed by atoms with van der Waals surface area (Å²) in [6, 6.07) is 2.26. The fourth-order valence-corrected chi connectivity index (χ4v) is 8.77. The summed E-state index contributed by atoms with van der Waals surface area (Å²) in [7, 11) is 1.46. The number of esters is 1. The zero-order chi connectivity index (χ0) is 38.8. The second-order valence-electron chi connectivity index (χ2n) is 16.2. The number of alkyl halides is 3. The summed E-state index contributed by atoms with van der Waals surface area (Å²) < 4.78 is 66.7. The van der Waals surface area contributed by atoms with E-state index in [0.717, 1.165) is 19.3 Å². The molecule has 5 aliphatic rings. The molecule has 292 valence electrons. The molecular weight excluding hydrogens is 709 g/mol. The minimum Gasteiger partial charge on any atom is -0.497 e. The third kappa shape index (κ3) is 6.50. The van der Waals surface area contributed by atoms with Gasteiger partial charge in [-0.2, -0.15) is 13.2 Å². The first-order valence-electron chi connectivity index (χ1n) is 18.7. The topological polar surface area (TPSA) is 145 Å². The molecule has 12 nitrogen and oxygen atoms in total. The standard InChI is InChI=1S/C39H47F3N4O8/c1-6-52-33(49)38-28-20-37(28,38)16-11-9-7-8-10-12-26(44-34(50)54-35(2,3)4)32(48)46-21-36(19-27(46)31(47)45-38)17-15-23-24-18-22(51-5)13-14-25(24)43-30(29(23)53-36)39(40,41)42/h11,13-14,16,18,26-28H,6-10,12,15,17,19-21H2,1-5H3,(H,44,50)(H,45,47)/b16-11-/t26-,27-,28?,36+,37-,38-/m0/s1. The number of amides is 3. The Balaban J connectivity index is 1.28. The van der Waals surface area contributed by atoms with Crippen molar-refractivity contribution in [1.82, 2.24) is 20.5 Å². The normalized spacial score (nSPS) is 31.3. The van der Waals surface area contributed by atoms with Gasteiger partial charge in [-0.25, -0.2) is 14.6 Å². The minimum absolute atomic E-state index is 0.0987. The molecule has 7 rings (SSSR count). The van der Waals surface area contributed by atoms with Crippen LogP contribution < -0.4 is 20.1 Å². The van der Waals surface area contributed by atoms with E-state index in [1.165, 1.54) is 24.1 Å².